The van der Waals surface area contributed by atoms with Crippen molar-refractivity contribution in [2.45, 2.75) is 13.8 Å². The summed E-state index contributed by atoms with van der Waals surface area (Å²) < 4.78 is 0. The van der Waals surface area contributed by atoms with Crippen molar-refractivity contribution in [1.82, 2.24) is 0 Å². The quantitative estimate of drug-likeness (QED) is 0.397. The van der Waals surface area contributed by atoms with E-state index in [-0.39, 0.29) is 35.9 Å². The molecule has 0 amide bonds. The van der Waals surface area contributed by atoms with Gasteiger partial charge in [-0.05, 0) is 13.8 Å². The molecule has 0 N–H and O–H groups in total. The van der Waals surface area contributed by atoms with Gasteiger partial charge in [0.2, 0.25) is 0 Å². The van der Waals surface area contributed by atoms with Crippen molar-refractivity contribution in [1.29, 1.82) is 0 Å². The van der Waals surface area contributed by atoms with Gasteiger partial charge in [-0.15, -0.1) is 35.4 Å². The first kappa shape index (κ1) is 24.3. The van der Waals surface area contributed by atoms with Gasteiger partial charge in [-0.2, -0.15) is 0 Å². The summed E-state index contributed by atoms with van der Waals surface area (Å²) in [7, 11) is 0. The SMILES string of the molecule is [C-]#Cc1cccc(C)c1.[C-]#Cc1cccc(C)c1.[CH3-].[CH3-].[Pt+4]. The Kier molecular flexibility index (Phi) is 15.3. The Morgan fingerprint density at radius 1 is 0.714 bits per heavy atom. The van der Waals surface area contributed by atoms with Crippen molar-refractivity contribution >= 4 is 0 Å². The maximum atomic E-state index is 6.79. The fourth-order valence-corrected chi connectivity index (χ4v) is 1.45. The van der Waals surface area contributed by atoms with Gasteiger partial charge in [-0.1, -0.05) is 35.4 Å². The molecule has 0 aliphatic carbocycles. The minimum Gasteiger partial charge on any atom is -0.366 e. The molecule has 0 radical (unpaired) electrons. The van der Waals surface area contributed by atoms with Crippen LogP contribution in [0, 0.1) is 53.4 Å². The first-order valence-corrected chi connectivity index (χ1v) is 5.64. The molecule has 0 aromatic heterocycles. The summed E-state index contributed by atoms with van der Waals surface area (Å²) in [6.07, 6.45) is 13.6. The maximum absolute atomic E-state index is 6.79. The van der Waals surface area contributed by atoms with Gasteiger partial charge in [0.25, 0.3) is 0 Å². The van der Waals surface area contributed by atoms with Gasteiger partial charge in [-0.25, -0.2) is 0 Å². The van der Waals surface area contributed by atoms with E-state index < -0.39 is 0 Å². The summed E-state index contributed by atoms with van der Waals surface area (Å²) in [4.78, 5) is 0. The normalized spacial score (nSPS) is 7.24. The second-order valence-electron chi connectivity index (χ2n) is 3.99. The Labute approximate surface area is 145 Å². The molecule has 2 rings (SSSR count). The summed E-state index contributed by atoms with van der Waals surface area (Å²) in [5, 5.41) is 0. The van der Waals surface area contributed by atoms with Crippen LogP contribution in [0.15, 0.2) is 48.5 Å². The monoisotopic (exact) mass is 455 g/mol. The van der Waals surface area contributed by atoms with Crippen molar-refractivity contribution in [3.63, 3.8) is 0 Å². The van der Waals surface area contributed by atoms with E-state index in [4.69, 9.17) is 12.8 Å². The number of hydrogen-bond acceptors (Lipinski definition) is 0. The molecular weight excluding hydrogens is 435 g/mol. The average Bonchev–Trinajstić information content (AvgIpc) is 2.39. The molecule has 0 atom stereocenters. The van der Waals surface area contributed by atoms with Crippen LogP contribution in [0.3, 0.4) is 0 Å². The molecule has 0 nitrogen and oxygen atoms in total. The first-order chi connectivity index (χ1) is 8.65. The Hall–Kier alpha value is -1.75. The summed E-state index contributed by atoms with van der Waals surface area (Å²) in [6, 6.07) is 15.4. The summed E-state index contributed by atoms with van der Waals surface area (Å²) in [5.74, 6) is 4.64. The molecule has 0 fully saturated rings. The second-order valence-corrected chi connectivity index (χ2v) is 3.99. The van der Waals surface area contributed by atoms with E-state index in [1.807, 2.05) is 62.4 Å². The predicted octanol–water partition coefficient (Wildman–Crippen LogP) is 4.76. The molecule has 0 unspecified atom stereocenters. The van der Waals surface area contributed by atoms with Gasteiger partial charge in [0.05, 0.1) is 0 Å². The number of aryl methyl sites for hydroxylation is 2. The molecule has 0 aliphatic rings. The van der Waals surface area contributed by atoms with Crippen molar-refractivity contribution in [3.8, 4) is 11.8 Å². The molecule has 1 heteroatoms. The van der Waals surface area contributed by atoms with Crippen LogP contribution in [-0.2, 0) is 21.1 Å². The molecule has 0 heterocycles. The van der Waals surface area contributed by atoms with Crippen molar-refractivity contribution in [3.05, 3.63) is 98.5 Å². The van der Waals surface area contributed by atoms with Crippen LogP contribution in [0.4, 0.5) is 0 Å². The van der Waals surface area contributed by atoms with E-state index in [1.165, 1.54) is 11.1 Å². The largest absolute Gasteiger partial charge is 4.00 e. The smallest absolute Gasteiger partial charge is 0.366 e. The zero-order valence-electron chi connectivity index (χ0n) is 12.9. The first-order valence-electron chi connectivity index (χ1n) is 5.64. The van der Waals surface area contributed by atoms with E-state index in [1.54, 1.807) is 0 Å². The van der Waals surface area contributed by atoms with Crippen LogP contribution in [-0.4, -0.2) is 0 Å². The van der Waals surface area contributed by atoms with Crippen LogP contribution in [0.2, 0.25) is 0 Å². The van der Waals surface area contributed by atoms with E-state index in [0.29, 0.717) is 0 Å². The van der Waals surface area contributed by atoms with E-state index in [0.717, 1.165) is 11.1 Å². The molecule has 0 saturated carbocycles. The minimum atomic E-state index is 0. The Bertz CT molecular complexity index is 542. The number of benzene rings is 2. The average molecular weight is 455 g/mol. The van der Waals surface area contributed by atoms with Gasteiger partial charge in [0, 0.05) is 0 Å². The zero-order valence-corrected chi connectivity index (χ0v) is 15.2. The third-order valence-corrected chi connectivity index (χ3v) is 2.32. The molecule has 0 aliphatic heterocycles. The maximum Gasteiger partial charge on any atom is 4.00 e. The van der Waals surface area contributed by atoms with Crippen LogP contribution in [0.25, 0.3) is 0 Å². The molecule has 2 aromatic carbocycles. The Morgan fingerprint density at radius 2 is 1.05 bits per heavy atom. The molecule has 21 heavy (non-hydrogen) atoms. The van der Waals surface area contributed by atoms with Gasteiger partial charge < -0.3 is 27.7 Å². The van der Waals surface area contributed by atoms with E-state index >= 15 is 0 Å². The third-order valence-electron chi connectivity index (χ3n) is 2.32. The van der Waals surface area contributed by atoms with E-state index in [9.17, 15) is 0 Å². The molecule has 0 spiro atoms. The Morgan fingerprint density at radius 3 is 1.24 bits per heavy atom. The van der Waals surface area contributed by atoms with Crippen LogP contribution in [0.5, 0.6) is 0 Å². The zero-order chi connectivity index (χ0) is 13.4. The van der Waals surface area contributed by atoms with Crippen LogP contribution < -0.4 is 0 Å². The Balaban J connectivity index is -0.000000270. The standard InChI is InChI=1S/2C9H7.2CH3.Pt/c2*1-3-9-6-4-5-8(2)7-9;;;/h2*4-7H,2H3;2*1H3;/q4*-1;+4. The minimum absolute atomic E-state index is 0. The molecule has 0 bridgehead atoms. The predicted molar refractivity (Wildman–Crippen MR) is 87.7 cm³/mol. The molecular formula is C20H20Pt. The van der Waals surface area contributed by atoms with Gasteiger partial charge in [0.1, 0.15) is 0 Å². The summed E-state index contributed by atoms with van der Waals surface area (Å²) >= 11 is 0. The number of rotatable bonds is 0. The van der Waals surface area contributed by atoms with Crippen molar-refractivity contribution < 1.29 is 21.1 Å². The topological polar surface area (TPSA) is 0 Å². The molecule has 0 saturated heterocycles. The summed E-state index contributed by atoms with van der Waals surface area (Å²) in [6.45, 7) is 4.00. The summed E-state index contributed by atoms with van der Waals surface area (Å²) in [5.41, 5.74) is 4.03. The van der Waals surface area contributed by atoms with Gasteiger partial charge in [0.15, 0.2) is 0 Å². The van der Waals surface area contributed by atoms with Gasteiger partial charge >= 0.3 is 21.1 Å². The molecule has 2 aromatic rings. The fraction of sp³-hybridized carbons (Fsp3) is 0.100. The fourth-order valence-electron chi connectivity index (χ4n) is 1.45. The van der Waals surface area contributed by atoms with Gasteiger partial charge in [-0.3, -0.25) is 11.8 Å². The van der Waals surface area contributed by atoms with E-state index in [2.05, 4.69) is 11.8 Å². The third kappa shape index (κ3) is 9.73. The van der Waals surface area contributed by atoms with Crippen molar-refractivity contribution in [2.75, 3.05) is 0 Å². The molecule has 110 valence electrons. The second kappa shape index (κ2) is 13.2. The van der Waals surface area contributed by atoms with Crippen LogP contribution in [0.1, 0.15) is 22.3 Å². The number of hydrogen-bond donors (Lipinski definition) is 0. The van der Waals surface area contributed by atoms with Crippen molar-refractivity contribution in [2.24, 2.45) is 0 Å². The van der Waals surface area contributed by atoms with Crippen LogP contribution >= 0.6 is 0 Å².